The van der Waals surface area contributed by atoms with E-state index in [1.165, 1.54) is 0 Å². The first kappa shape index (κ1) is 18.4. The number of rotatable bonds is 5. The number of aryl methyl sites for hydroxylation is 1. The minimum atomic E-state index is -4.51. The monoisotopic (exact) mass is 370 g/mol. The summed E-state index contributed by atoms with van der Waals surface area (Å²) in [7, 11) is 0. The van der Waals surface area contributed by atoms with Crippen LogP contribution in [0.2, 0.25) is 0 Å². The Morgan fingerprint density at radius 1 is 1.31 bits per heavy atom. The second-order valence-electron chi connectivity index (χ2n) is 6.06. The molecule has 1 aliphatic heterocycles. The Labute approximate surface area is 149 Å². The number of anilines is 3. The van der Waals surface area contributed by atoms with Crippen molar-refractivity contribution in [2.24, 2.45) is 0 Å². The first-order valence-electron chi connectivity index (χ1n) is 8.47. The maximum atomic E-state index is 13.0. The van der Waals surface area contributed by atoms with Gasteiger partial charge in [0.15, 0.2) is 0 Å². The smallest absolute Gasteiger partial charge is 0.381 e. The van der Waals surface area contributed by atoms with E-state index in [0.717, 1.165) is 24.7 Å². The van der Waals surface area contributed by atoms with Crippen LogP contribution in [0.4, 0.5) is 30.6 Å². The zero-order chi connectivity index (χ0) is 18.7. The highest BCUT2D eigenvalue weighted by Gasteiger charge is 2.35. The quantitative estimate of drug-likeness (QED) is 0.839. The molecule has 2 aromatic rings. The molecular weight excluding hydrogens is 349 g/mol. The second-order valence-corrected chi connectivity index (χ2v) is 6.06. The molecule has 2 aromatic heterocycles. The molecule has 0 spiro atoms. The molecule has 0 amide bonds. The number of hydrogen-bond donors (Lipinski definition) is 2. The van der Waals surface area contributed by atoms with Crippen molar-refractivity contribution < 1.29 is 17.9 Å². The van der Waals surface area contributed by atoms with Crippen molar-refractivity contribution in [1.82, 2.24) is 19.7 Å². The summed E-state index contributed by atoms with van der Waals surface area (Å²) in [5.74, 6) is -0.157. The summed E-state index contributed by atoms with van der Waals surface area (Å²) in [6.45, 7) is 5.24. The van der Waals surface area contributed by atoms with Gasteiger partial charge in [-0.05, 0) is 26.7 Å². The Balaban J connectivity index is 1.82. The lowest BCUT2D eigenvalue weighted by atomic mass is 10.1. The molecule has 0 unspecified atom stereocenters. The van der Waals surface area contributed by atoms with Crippen molar-refractivity contribution in [2.45, 2.75) is 38.9 Å². The fraction of sp³-hybridized carbons (Fsp3) is 0.562. The third kappa shape index (κ3) is 4.06. The highest BCUT2D eigenvalue weighted by atomic mass is 19.4. The summed E-state index contributed by atoms with van der Waals surface area (Å²) < 4.78 is 46.3. The van der Waals surface area contributed by atoms with Crippen LogP contribution in [-0.2, 0) is 10.9 Å². The van der Waals surface area contributed by atoms with Crippen LogP contribution in [0.1, 0.15) is 37.1 Å². The predicted molar refractivity (Wildman–Crippen MR) is 90.5 cm³/mol. The van der Waals surface area contributed by atoms with Crippen molar-refractivity contribution in [3.63, 3.8) is 0 Å². The Morgan fingerprint density at radius 3 is 2.69 bits per heavy atom. The van der Waals surface area contributed by atoms with Gasteiger partial charge in [-0.15, -0.1) is 0 Å². The summed E-state index contributed by atoms with van der Waals surface area (Å²) in [4.78, 5) is 7.78. The van der Waals surface area contributed by atoms with Crippen molar-refractivity contribution in [3.8, 4) is 0 Å². The van der Waals surface area contributed by atoms with Crippen molar-refractivity contribution in [2.75, 3.05) is 30.4 Å². The van der Waals surface area contributed by atoms with E-state index in [1.807, 2.05) is 17.8 Å². The molecule has 0 radical (unpaired) electrons. The predicted octanol–water partition coefficient (Wildman–Crippen LogP) is 3.53. The maximum Gasteiger partial charge on any atom is 0.421 e. The third-order valence-corrected chi connectivity index (χ3v) is 4.17. The summed E-state index contributed by atoms with van der Waals surface area (Å²) in [5.41, 5.74) is 0.503. The van der Waals surface area contributed by atoms with Crippen LogP contribution in [0.15, 0.2) is 12.4 Å². The number of halogens is 3. The Morgan fingerprint density at radius 2 is 2.04 bits per heavy atom. The van der Waals surface area contributed by atoms with E-state index in [4.69, 9.17) is 4.74 Å². The molecule has 1 saturated heterocycles. The number of ether oxygens (including phenoxy) is 1. The Bertz CT molecular complexity index is 755. The number of aromatic nitrogens is 4. The molecule has 0 bridgehead atoms. The van der Waals surface area contributed by atoms with Crippen LogP contribution >= 0.6 is 0 Å². The molecule has 3 heterocycles. The molecule has 0 aromatic carbocycles. The number of nitrogens with one attached hydrogen (secondary N) is 2. The van der Waals surface area contributed by atoms with Gasteiger partial charge in [0, 0.05) is 32.2 Å². The molecule has 0 atom stereocenters. The highest BCUT2D eigenvalue weighted by molar-refractivity contribution is 5.58. The molecule has 7 nitrogen and oxygen atoms in total. The van der Waals surface area contributed by atoms with E-state index in [1.54, 1.807) is 6.92 Å². The lowest BCUT2D eigenvalue weighted by molar-refractivity contribution is -0.137. The number of nitrogens with zero attached hydrogens (tertiary/aromatic N) is 4. The minimum Gasteiger partial charge on any atom is -0.381 e. The van der Waals surface area contributed by atoms with Gasteiger partial charge >= 0.3 is 6.18 Å². The van der Waals surface area contributed by atoms with Gasteiger partial charge in [-0.3, -0.25) is 4.68 Å². The molecule has 3 rings (SSSR count). The van der Waals surface area contributed by atoms with Gasteiger partial charge in [-0.1, -0.05) is 0 Å². The molecule has 2 N–H and O–H groups in total. The third-order valence-electron chi connectivity index (χ3n) is 4.17. The van der Waals surface area contributed by atoms with E-state index >= 15 is 0 Å². The first-order chi connectivity index (χ1) is 12.4. The summed E-state index contributed by atoms with van der Waals surface area (Å²) >= 11 is 0. The zero-order valence-corrected chi connectivity index (χ0v) is 14.6. The standard InChI is InChI=1S/C16H21F3N6O/c1-3-20-14-12(16(17,18)19)8-21-15(23-14)22-13-9-25(24-10(13)2)11-4-6-26-7-5-11/h8-9,11H,3-7H2,1-2H3,(H2,20,21,22,23). The summed E-state index contributed by atoms with van der Waals surface area (Å²) in [5, 5.41) is 10.1. The van der Waals surface area contributed by atoms with Crippen LogP contribution in [0.5, 0.6) is 0 Å². The van der Waals surface area contributed by atoms with Gasteiger partial charge in [-0.2, -0.15) is 23.3 Å². The van der Waals surface area contributed by atoms with E-state index in [-0.39, 0.29) is 17.8 Å². The first-order valence-corrected chi connectivity index (χ1v) is 8.47. The zero-order valence-electron chi connectivity index (χ0n) is 14.6. The van der Waals surface area contributed by atoms with E-state index in [0.29, 0.717) is 25.4 Å². The summed E-state index contributed by atoms with van der Waals surface area (Å²) in [6.07, 6.45) is -0.144. The van der Waals surface area contributed by atoms with Crippen LogP contribution in [0.25, 0.3) is 0 Å². The Kier molecular flexibility index (Phi) is 5.30. The van der Waals surface area contributed by atoms with Crippen molar-refractivity contribution in [1.29, 1.82) is 0 Å². The van der Waals surface area contributed by atoms with Crippen LogP contribution in [0.3, 0.4) is 0 Å². The van der Waals surface area contributed by atoms with Crippen molar-refractivity contribution in [3.05, 3.63) is 23.7 Å². The van der Waals surface area contributed by atoms with E-state index in [9.17, 15) is 13.2 Å². The van der Waals surface area contributed by atoms with Gasteiger partial charge in [-0.25, -0.2) is 4.98 Å². The fourth-order valence-corrected chi connectivity index (χ4v) is 2.81. The highest BCUT2D eigenvalue weighted by Crippen LogP contribution is 2.34. The fourth-order valence-electron chi connectivity index (χ4n) is 2.81. The largest absolute Gasteiger partial charge is 0.421 e. The molecular formula is C16H21F3N6O. The lowest BCUT2D eigenvalue weighted by Crippen LogP contribution is -2.19. The van der Waals surface area contributed by atoms with Gasteiger partial charge in [0.05, 0.1) is 17.4 Å². The van der Waals surface area contributed by atoms with E-state index in [2.05, 4.69) is 25.7 Å². The molecule has 0 saturated carbocycles. The van der Waals surface area contributed by atoms with Gasteiger partial charge < -0.3 is 15.4 Å². The Hall–Kier alpha value is -2.36. The van der Waals surface area contributed by atoms with E-state index < -0.39 is 11.7 Å². The topological polar surface area (TPSA) is 76.9 Å². The SMILES string of the molecule is CCNc1nc(Nc2cn(C3CCOCC3)nc2C)ncc1C(F)(F)F. The molecule has 26 heavy (non-hydrogen) atoms. The van der Waals surface area contributed by atoms with Crippen LogP contribution in [0, 0.1) is 6.92 Å². The molecule has 10 heteroatoms. The maximum absolute atomic E-state index is 13.0. The number of alkyl halides is 3. The molecule has 0 aliphatic carbocycles. The normalized spacial score (nSPS) is 15.9. The van der Waals surface area contributed by atoms with Crippen molar-refractivity contribution >= 4 is 17.5 Å². The average molecular weight is 370 g/mol. The van der Waals surface area contributed by atoms with Gasteiger partial charge in [0.2, 0.25) is 5.95 Å². The number of hydrogen-bond acceptors (Lipinski definition) is 6. The van der Waals surface area contributed by atoms with Crippen LogP contribution in [-0.4, -0.2) is 39.5 Å². The summed E-state index contributed by atoms with van der Waals surface area (Å²) in [6, 6.07) is 0.254. The lowest BCUT2D eigenvalue weighted by Gasteiger charge is -2.22. The molecule has 1 fully saturated rings. The van der Waals surface area contributed by atoms with Gasteiger partial charge in [0.1, 0.15) is 11.4 Å². The average Bonchev–Trinajstić information content (AvgIpc) is 2.96. The molecule has 1 aliphatic rings. The van der Waals surface area contributed by atoms with Gasteiger partial charge in [0.25, 0.3) is 0 Å². The molecule has 142 valence electrons. The minimum absolute atomic E-state index is 0.0866. The van der Waals surface area contributed by atoms with Crippen LogP contribution < -0.4 is 10.6 Å². The second kappa shape index (κ2) is 7.48.